The first-order valence-electron chi connectivity index (χ1n) is 14.2. The second-order valence-electron chi connectivity index (χ2n) is 12.9. The summed E-state index contributed by atoms with van der Waals surface area (Å²) in [7, 11) is 1.65. The monoisotopic (exact) mass is 605 g/mol. The molecule has 2 saturated heterocycles. The molecule has 2 N–H and O–H groups in total. The number of halogens is 3. The molecule has 2 aromatic heterocycles. The normalized spacial score (nSPS) is 22.5. The summed E-state index contributed by atoms with van der Waals surface area (Å²) in [6.45, 7) is 12.5. The molecule has 0 aliphatic carbocycles. The lowest BCUT2D eigenvalue weighted by molar-refractivity contribution is -0.169. The first kappa shape index (κ1) is 30.7. The lowest BCUT2D eigenvalue weighted by Gasteiger charge is -2.47. The summed E-state index contributed by atoms with van der Waals surface area (Å²) < 4.78 is 51.8. The highest BCUT2D eigenvalue weighted by molar-refractivity contribution is 6.12. The van der Waals surface area contributed by atoms with Crippen molar-refractivity contribution in [3.05, 3.63) is 23.8 Å². The molecule has 0 saturated carbocycles. The molecular weight excluding hydrogens is 567 g/mol. The van der Waals surface area contributed by atoms with Crippen LogP contribution in [0, 0.1) is 5.41 Å². The number of hydrogen-bond acceptors (Lipinski definition) is 10. The Labute approximate surface area is 248 Å². The van der Waals surface area contributed by atoms with Gasteiger partial charge in [0.2, 0.25) is 11.9 Å². The maximum Gasteiger partial charge on any atom is 0.408 e. The van der Waals surface area contributed by atoms with Gasteiger partial charge in [-0.15, -0.1) is 0 Å². The number of aromatic nitrogens is 4. The van der Waals surface area contributed by atoms with Crippen LogP contribution in [0.3, 0.4) is 0 Å². The predicted molar refractivity (Wildman–Crippen MR) is 154 cm³/mol. The average molecular weight is 606 g/mol. The number of nitrogens with one attached hydrogen (secondary N) is 2. The van der Waals surface area contributed by atoms with Crippen molar-refractivity contribution >= 4 is 35.2 Å². The molecule has 0 aromatic carbocycles. The molecule has 0 radical (unpaired) electrons. The van der Waals surface area contributed by atoms with Crippen LogP contribution in [0.4, 0.5) is 36.4 Å². The molecule has 15 heteroatoms. The quantitative estimate of drug-likeness (QED) is 0.379. The van der Waals surface area contributed by atoms with Crippen LogP contribution in [0.25, 0.3) is 0 Å². The number of alkyl halides is 3. The van der Waals surface area contributed by atoms with Crippen LogP contribution < -0.4 is 15.1 Å². The van der Waals surface area contributed by atoms with Gasteiger partial charge in [0, 0.05) is 26.7 Å². The van der Waals surface area contributed by atoms with Crippen LogP contribution in [0.1, 0.15) is 65.8 Å². The van der Waals surface area contributed by atoms with Crippen molar-refractivity contribution < 1.29 is 27.4 Å². The highest BCUT2D eigenvalue weighted by Crippen LogP contribution is 2.47. The largest absolute Gasteiger partial charge is 0.457 e. The van der Waals surface area contributed by atoms with Crippen LogP contribution in [-0.4, -0.2) is 86.9 Å². The van der Waals surface area contributed by atoms with Gasteiger partial charge in [0.05, 0.1) is 40.3 Å². The highest BCUT2D eigenvalue weighted by atomic mass is 19.4. The van der Waals surface area contributed by atoms with Gasteiger partial charge in [0.15, 0.2) is 12.4 Å². The number of morpholine rings is 1. The standard InChI is InChI=1S/C28H38F3N9O3/c1-25(2)14-38(15-26(3,4)43-25)24-34-11-16(12-35-24)40-21-19(27(5,6)22(40)41)20(33-7)36-18(37-21)13-42-23(32)39-10-8-9-17(39)28(29,30)31/h11-12,17,32H,8-10,13-15H2,1-7H3,(H,33,36,37)/t17-/m1/s1. The van der Waals surface area contributed by atoms with Crippen molar-refractivity contribution in [2.24, 2.45) is 0 Å². The molecule has 2 aromatic rings. The fourth-order valence-electron chi connectivity index (χ4n) is 6.29. The number of fused-ring (bicyclic) bond motifs is 1. The fraction of sp³-hybridized carbons (Fsp3) is 0.643. The predicted octanol–water partition coefficient (Wildman–Crippen LogP) is 4.14. The summed E-state index contributed by atoms with van der Waals surface area (Å²) in [5.41, 5.74) is -0.870. The second-order valence-corrected chi connectivity index (χ2v) is 12.9. The number of carbonyl (C=O) groups is 1. The van der Waals surface area contributed by atoms with Gasteiger partial charge in [-0.1, -0.05) is 0 Å². The van der Waals surface area contributed by atoms with E-state index in [1.165, 1.54) is 4.90 Å². The zero-order chi connectivity index (χ0) is 31.5. The number of likely N-dealkylation sites (tertiary alicyclic amines) is 1. The summed E-state index contributed by atoms with van der Waals surface area (Å²) in [4.78, 5) is 36.4. The third kappa shape index (κ3) is 5.78. The summed E-state index contributed by atoms with van der Waals surface area (Å²) in [5, 5.41) is 11.2. The third-order valence-corrected chi connectivity index (χ3v) is 7.84. The van der Waals surface area contributed by atoms with E-state index in [0.29, 0.717) is 48.3 Å². The molecule has 12 nitrogen and oxygen atoms in total. The Balaban J connectivity index is 1.42. The van der Waals surface area contributed by atoms with E-state index in [1.54, 1.807) is 33.3 Å². The molecule has 2 fully saturated rings. The Morgan fingerprint density at radius 1 is 1.12 bits per heavy atom. The lowest BCUT2D eigenvalue weighted by atomic mass is 9.87. The summed E-state index contributed by atoms with van der Waals surface area (Å²) >= 11 is 0. The Morgan fingerprint density at radius 3 is 2.33 bits per heavy atom. The van der Waals surface area contributed by atoms with Crippen LogP contribution in [0.5, 0.6) is 0 Å². The maximum atomic E-state index is 13.8. The SMILES string of the molecule is CNc1nc(COC(=N)N2CCC[C@@H]2C(F)(F)F)nc2c1C(C)(C)C(=O)N2c1cnc(N2CC(C)(C)OC(C)(C)C2)nc1. The lowest BCUT2D eigenvalue weighted by Crippen LogP contribution is -2.57. The summed E-state index contributed by atoms with van der Waals surface area (Å²) in [5.74, 6) is 1.000. The molecular formula is C28H38F3N9O3. The molecule has 3 aliphatic rings. The van der Waals surface area contributed by atoms with E-state index in [9.17, 15) is 18.0 Å². The van der Waals surface area contributed by atoms with Crippen LogP contribution in [0.15, 0.2) is 12.4 Å². The molecule has 0 unspecified atom stereocenters. The van der Waals surface area contributed by atoms with Crippen LogP contribution in [0.2, 0.25) is 0 Å². The molecule has 0 bridgehead atoms. The van der Waals surface area contributed by atoms with Gasteiger partial charge >= 0.3 is 6.18 Å². The first-order chi connectivity index (χ1) is 19.9. The molecule has 5 heterocycles. The van der Waals surface area contributed by atoms with E-state index in [1.807, 2.05) is 32.6 Å². The number of anilines is 4. The molecule has 1 amide bonds. The number of nitrogens with zero attached hydrogens (tertiary/aromatic N) is 7. The topological polar surface area (TPSA) is 133 Å². The van der Waals surface area contributed by atoms with Gasteiger partial charge in [-0.3, -0.25) is 15.1 Å². The highest BCUT2D eigenvalue weighted by Gasteiger charge is 2.50. The Kier molecular flexibility index (Phi) is 7.46. The van der Waals surface area contributed by atoms with Gasteiger partial charge in [0.25, 0.3) is 6.02 Å². The van der Waals surface area contributed by atoms with Crippen molar-refractivity contribution in [2.45, 2.75) is 89.8 Å². The number of amidine groups is 1. The van der Waals surface area contributed by atoms with Gasteiger partial charge < -0.3 is 24.6 Å². The minimum atomic E-state index is -4.46. The van der Waals surface area contributed by atoms with Crippen molar-refractivity contribution in [2.75, 3.05) is 41.8 Å². The third-order valence-electron chi connectivity index (χ3n) is 7.84. The van der Waals surface area contributed by atoms with Gasteiger partial charge in [-0.25, -0.2) is 19.9 Å². The molecule has 1 atom stereocenters. The molecule has 0 spiro atoms. The maximum absolute atomic E-state index is 13.8. The average Bonchev–Trinajstić information content (AvgIpc) is 3.47. The second kappa shape index (κ2) is 10.5. The first-order valence-corrected chi connectivity index (χ1v) is 14.2. The van der Waals surface area contributed by atoms with Crippen molar-refractivity contribution in [1.29, 1.82) is 5.41 Å². The van der Waals surface area contributed by atoms with Gasteiger partial charge in [0.1, 0.15) is 17.7 Å². The molecule has 5 rings (SSSR count). The molecule has 234 valence electrons. The van der Waals surface area contributed by atoms with Crippen molar-refractivity contribution in [1.82, 2.24) is 24.8 Å². The number of rotatable bonds is 5. The number of hydrogen-bond donors (Lipinski definition) is 2. The van der Waals surface area contributed by atoms with Crippen molar-refractivity contribution in [3.8, 4) is 0 Å². The number of ether oxygens (including phenoxy) is 2. The summed E-state index contributed by atoms with van der Waals surface area (Å²) in [6, 6.07) is -2.36. The van der Waals surface area contributed by atoms with E-state index < -0.39 is 34.9 Å². The Bertz CT molecular complexity index is 1400. The van der Waals surface area contributed by atoms with Crippen LogP contribution >= 0.6 is 0 Å². The van der Waals surface area contributed by atoms with Gasteiger partial charge in [-0.05, 0) is 54.4 Å². The Hall–Kier alpha value is -3.75. The zero-order valence-corrected chi connectivity index (χ0v) is 25.5. The van der Waals surface area contributed by atoms with Crippen molar-refractivity contribution in [3.63, 3.8) is 0 Å². The van der Waals surface area contributed by atoms with E-state index in [0.717, 1.165) is 4.90 Å². The van der Waals surface area contributed by atoms with Crippen LogP contribution in [-0.2, 0) is 26.3 Å². The minimum Gasteiger partial charge on any atom is -0.457 e. The Morgan fingerprint density at radius 2 is 1.74 bits per heavy atom. The summed E-state index contributed by atoms with van der Waals surface area (Å²) in [6.07, 6.45) is -1.11. The minimum absolute atomic E-state index is 0.0712. The fourth-order valence-corrected chi connectivity index (χ4v) is 6.29. The van der Waals surface area contributed by atoms with E-state index in [2.05, 4.69) is 25.3 Å². The van der Waals surface area contributed by atoms with E-state index >= 15 is 0 Å². The van der Waals surface area contributed by atoms with Gasteiger partial charge in [-0.2, -0.15) is 13.2 Å². The molecule has 43 heavy (non-hydrogen) atoms. The smallest absolute Gasteiger partial charge is 0.408 e. The number of carbonyl (C=O) groups excluding carboxylic acids is 1. The van der Waals surface area contributed by atoms with E-state index in [-0.39, 0.29) is 31.3 Å². The molecule has 3 aliphatic heterocycles. The zero-order valence-electron chi connectivity index (χ0n) is 25.5. The van der Waals surface area contributed by atoms with E-state index in [4.69, 9.17) is 14.9 Å². The number of amides is 1.